The predicted molar refractivity (Wildman–Crippen MR) is 94.8 cm³/mol. The highest BCUT2D eigenvalue weighted by molar-refractivity contribution is 6.30. The number of hydrogen-bond acceptors (Lipinski definition) is 4. The number of benzene rings is 1. The Labute approximate surface area is 150 Å². The van der Waals surface area contributed by atoms with Crippen LogP contribution >= 0.6 is 11.6 Å². The maximum atomic E-state index is 12.2. The van der Waals surface area contributed by atoms with E-state index >= 15 is 0 Å². The molecule has 1 heterocycles. The molecule has 0 bridgehead atoms. The van der Waals surface area contributed by atoms with Gasteiger partial charge in [-0.15, -0.1) is 0 Å². The molecule has 0 radical (unpaired) electrons. The third-order valence-electron chi connectivity index (χ3n) is 4.08. The van der Waals surface area contributed by atoms with Gasteiger partial charge in [0, 0.05) is 28.0 Å². The van der Waals surface area contributed by atoms with Crippen LogP contribution in [0.1, 0.15) is 35.8 Å². The number of carbonyl (C=O) groups excluding carboxylic acids is 2. The molecule has 2 aromatic rings. The van der Waals surface area contributed by atoms with Crippen LogP contribution in [0.3, 0.4) is 0 Å². The number of hydrogen-bond donors (Lipinski definition) is 3. The molecule has 1 fully saturated rings. The van der Waals surface area contributed by atoms with E-state index < -0.39 is 0 Å². The standard InChI is InChI=1S/C18H18ClN3O3/c1-18(5-6-18)22-17(25)14-10-13(4-7-20-14)21-16(24)9-11-8-12(19)2-3-15(11)23/h2-4,7-8,10,23H,5-6,9H2,1H3,(H,22,25)(H,20,21,24). The summed E-state index contributed by atoms with van der Waals surface area (Å²) in [7, 11) is 0. The Morgan fingerprint density at radius 3 is 2.76 bits per heavy atom. The summed E-state index contributed by atoms with van der Waals surface area (Å²) in [6.07, 6.45) is 3.35. The molecular formula is C18H18ClN3O3. The van der Waals surface area contributed by atoms with Crippen molar-refractivity contribution in [1.29, 1.82) is 0 Å². The molecule has 0 atom stereocenters. The van der Waals surface area contributed by atoms with Gasteiger partial charge in [0.25, 0.3) is 5.91 Å². The lowest BCUT2D eigenvalue weighted by Crippen LogP contribution is -2.34. The van der Waals surface area contributed by atoms with Crippen LogP contribution < -0.4 is 10.6 Å². The number of halogens is 1. The van der Waals surface area contributed by atoms with Crippen LogP contribution in [-0.4, -0.2) is 27.4 Å². The lowest BCUT2D eigenvalue weighted by molar-refractivity contribution is -0.115. The minimum atomic E-state index is -0.329. The van der Waals surface area contributed by atoms with Crippen molar-refractivity contribution in [2.24, 2.45) is 0 Å². The smallest absolute Gasteiger partial charge is 0.270 e. The molecule has 3 N–H and O–H groups in total. The first-order valence-corrected chi connectivity index (χ1v) is 8.28. The fourth-order valence-corrected chi connectivity index (χ4v) is 2.55. The number of aromatic nitrogens is 1. The molecule has 1 aliphatic rings. The van der Waals surface area contributed by atoms with E-state index in [-0.39, 0.29) is 35.2 Å². The second-order valence-corrected chi connectivity index (χ2v) is 6.88. The number of carbonyl (C=O) groups is 2. The first kappa shape index (κ1) is 17.2. The van der Waals surface area contributed by atoms with E-state index in [2.05, 4.69) is 15.6 Å². The van der Waals surface area contributed by atoms with Crippen LogP contribution in [0.25, 0.3) is 0 Å². The van der Waals surface area contributed by atoms with Crippen LogP contribution in [0.4, 0.5) is 5.69 Å². The Morgan fingerprint density at radius 2 is 2.04 bits per heavy atom. The van der Waals surface area contributed by atoms with Gasteiger partial charge < -0.3 is 15.7 Å². The molecule has 0 unspecified atom stereocenters. The summed E-state index contributed by atoms with van der Waals surface area (Å²) < 4.78 is 0. The molecule has 2 amide bonds. The van der Waals surface area contributed by atoms with E-state index in [4.69, 9.17) is 11.6 Å². The number of amides is 2. The summed E-state index contributed by atoms with van der Waals surface area (Å²) >= 11 is 5.88. The van der Waals surface area contributed by atoms with Crippen LogP contribution in [0.2, 0.25) is 5.02 Å². The van der Waals surface area contributed by atoms with Crippen molar-refractivity contribution in [3.05, 3.63) is 52.8 Å². The molecule has 0 spiro atoms. The lowest BCUT2D eigenvalue weighted by atomic mass is 10.1. The van der Waals surface area contributed by atoms with Crippen LogP contribution in [-0.2, 0) is 11.2 Å². The maximum absolute atomic E-state index is 12.2. The molecule has 25 heavy (non-hydrogen) atoms. The molecule has 6 nitrogen and oxygen atoms in total. The SMILES string of the molecule is CC1(NC(=O)c2cc(NC(=O)Cc3cc(Cl)ccc3O)ccn2)CC1. The van der Waals surface area contributed by atoms with Crippen molar-refractivity contribution in [2.45, 2.75) is 31.7 Å². The zero-order valence-electron chi connectivity index (χ0n) is 13.7. The quantitative estimate of drug-likeness (QED) is 0.765. The highest BCUT2D eigenvalue weighted by atomic mass is 35.5. The molecule has 130 valence electrons. The number of nitrogens with zero attached hydrogens (tertiary/aromatic N) is 1. The second kappa shape index (κ2) is 6.72. The summed E-state index contributed by atoms with van der Waals surface area (Å²) in [5.41, 5.74) is 1.00. The molecule has 1 saturated carbocycles. The Hall–Kier alpha value is -2.60. The van der Waals surface area contributed by atoms with Crippen molar-refractivity contribution in [3.8, 4) is 5.75 Å². The van der Waals surface area contributed by atoms with Gasteiger partial charge in [-0.1, -0.05) is 11.6 Å². The maximum Gasteiger partial charge on any atom is 0.270 e. The Kier molecular flexibility index (Phi) is 4.63. The van der Waals surface area contributed by atoms with Crippen LogP contribution in [0, 0.1) is 0 Å². The number of pyridine rings is 1. The predicted octanol–water partition coefficient (Wildman–Crippen LogP) is 2.90. The van der Waals surface area contributed by atoms with Gasteiger partial charge >= 0.3 is 0 Å². The molecule has 7 heteroatoms. The van der Waals surface area contributed by atoms with E-state index in [1.54, 1.807) is 12.1 Å². The van der Waals surface area contributed by atoms with Crippen molar-refractivity contribution >= 4 is 29.1 Å². The fourth-order valence-electron chi connectivity index (χ4n) is 2.36. The van der Waals surface area contributed by atoms with Gasteiger partial charge in [-0.3, -0.25) is 14.6 Å². The first-order valence-electron chi connectivity index (χ1n) is 7.90. The Bertz CT molecular complexity index is 834. The van der Waals surface area contributed by atoms with Crippen molar-refractivity contribution in [3.63, 3.8) is 0 Å². The third-order valence-corrected chi connectivity index (χ3v) is 4.32. The number of aromatic hydroxyl groups is 1. The van der Waals surface area contributed by atoms with Gasteiger partial charge in [-0.05, 0) is 50.1 Å². The van der Waals surface area contributed by atoms with E-state index in [0.29, 0.717) is 16.3 Å². The van der Waals surface area contributed by atoms with Crippen LogP contribution in [0.5, 0.6) is 5.75 Å². The van der Waals surface area contributed by atoms with Crippen molar-refractivity contribution < 1.29 is 14.7 Å². The van der Waals surface area contributed by atoms with Gasteiger partial charge in [0.15, 0.2) is 0 Å². The summed E-state index contributed by atoms with van der Waals surface area (Å²) in [5.74, 6) is -0.583. The zero-order valence-corrected chi connectivity index (χ0v) is 14.4. The molecular weight excluding hydrogens is 342 g/mol. The van der Waals surface area contributed by atoms with Gasteiger partial charge in [0.05, 0.1) is 6.42 Å². The van der Waals surface area contributed by atoms with Crippen LogP contribution in [0.15, 0.2) is 36.5 Å². The normalized spacial score (nSPS) is 14.6. The minimum absolute atomic E-state index is 0.00650. The molecule has 3 rings (SSSR count). The Balaban J connectivity index is 1.66. The second-order valence-electron chi connectivity index (χ2n) is 6.44. The summed E-state index contributed by atoms with van der Waals surface area (Å²) in [6.45, 7) is 1.98. The summed E-state index contributed by atoms with van der Waals surface area (Å²) in [6, 6.07) is 7.66. The van der Waals surface area contributed by atoms with E-state index in [1.165, 1.54) is 24.4 Å². The number of phenolic OH excluding ortho intramolecular Hbond substituents is 1. The van der Waals surface area contributed by atoms with Gasteiger partial charge in [0.1, 0.15) is 11.4 Å². The van der Waals surface area contributed by atoms with E-state index in [9.17, 15) is 14.7 Å². The number of rotatable bonds is 5. The van der Waals surface area contributed by atoms with E-state index in [1.807, 2.05) is 6.92 Å². The minimum Gasteiger partial charge on any atom is -0.508 e. The number of phenols is 1. The largest absolute Gasteiger partial charge is 0.508 e. The van der Waals surface area contributed by atoms with Crippen molar-refractivity contribution in [2.75, 3.05) is 5.32 Å². The summed E-state index contributed by atoms with van der Waals surface area (Å²) in [4.78, 5) is 28.4. The first-order chi connectivity index (χ1) is 11.8. The molecule has 1 aromatic carbocycles. The topological polar surface area (TPSA) is 91.3 Å². The average molecular weight is 360 g/mol. The average Bonchev–Trinajstić information content (AvgIpc) is 3.28. The van der Waals surface area contributed by atoms with Gasteiger partial charge in [-0.2, -0.15) is 0 Å². The highest BCUT2D eigenvalue weighted by Crippen LogP contribution is 2.34. The monoisotopic (exact) mass is 359 g/mol. The number of anilines is 1. The third kappa shape index (κ3) is 4.48. The molecule has 0 aliphatic heterocycles. The fraction of sp³-hybridized carbons (Fsp3) is 0.278. The highest BCUT2D eigenvalue weighted by Gasteiger charge is 2.39. The van der Waals surface area contributed by atoms with Gasteiger partial charge in [-0.25, -0.2) is 0 Å². The van der Waals surface area contributed by atoms with E-state index in [0.717, 1.165) is 12.8 Å². The van der Waals surface area contributed by atoms with Gasteiger partial charge in [0.2, 0.25) is 5.91 Å². The van der Waals surface area contributed by atoms with Crippen molar-refractivity contribution in [1.82, 2.24) is 10.3 Å². The zero-order chi connectivity index (χ0) is 18.0. The summed E-state index contributed by atoms with van der Waals surface area (Å²) in [5, 5.41) is 15.8. The lowest BCUT2D eigenvalue weighted by Gasteiger charge is -2.12. The Morgan fingerprint density at radius 1 is 1.28 bits per heavy atom. The molecule has 1 aliphatic carbocycles. The molecule has 0 saturated heterocycles. The number of nitrogens with one attached hydrogen (secondary N) is 2. The molecule has 1 aromatic heterocycles.